The maximum atomic E-state index is 14.7. The molecule has 0 bridgehead atoms. The largest absolute Gasteiger partial charge is 0.493 e. The highest BCUT2D eigenvalue weighted by molar-refractivity contribution is 9.10. The fourth-order valence-corrected chi connectivity index (χ4v) is 5.84. The zero-order valence-electron chi connectivity index (χ0n) is 18.0. The van der Waals surface area contributed by atoms with Gasteiger partial charge in [-0.15, -0.1) is 0 Å². The minimum atomic E-state index is -0.593. The maximum absolute atomic E-state index is 14.7. The first-order chi connectivity index (χ1) is 16.4. The summed E-state index contributed by atoms with van der Waals surface area (Å²) in [6, 6.07) is 11.2. The van der Waals surface area contributed by atoms with E-state index >= 15 is 0 Å². The number of halogens is 5. The molecule has 0 unspecified atom stereocenters. The Morgan fingerprint density at radius 2 is 1.94 bits per heavy atom. The standard InChI is InChI=1S/C26H20BrCl2F2NO2/c1-33-23-8-14(7-20(27)26(23)34-12-13-5-6-15(28)9-21(13)29)24-18-4-2-3-17(18)19-10-16(30)11-22(31)25(19)32-24/h2-3,5-11,17-18,24,32H,4,12H2,1H3/t17-,18-,24-/m0/s1. The quantitative estimate of drug-likeness (QED) is 0.314. The van der Waals surface area contributed by atoms with Crippen LogP contribution in [0.25, 0.3) is 0 Å². The Morgan fingerprint density at radius 3 is 2.71 bits per heavy atom. The summed E-state index contributed by atoms with van der Waals surface area (Å²) in [5.74, 6) is -0.0528. The third kappa shape index (κ3) is 4.28. The molecule has 3 atom stereocenters. The zero-order valence-corrected chi connectivity index (χ0v) is 21.1. The van der Waals surface area contributed by atoms with Crippen LogP contribution in [0.3, 0.4) is 0 Å². The van der Waals surface area contributed by atoms with E-state index in [0.717, 1.165) is 23.6 Å². The number of fused-ring (bicyclic) bond motifs is 3. The Kier molecular flexibility index (Phi) is 6.49. The van der Waals surface area contributed by atoms with E-state index < -0.39 is 11.6 Å². The van der Waals surface area contributed by atoms with Gasteiger partial charge in [0.1, 0.15) is 18.2 Å². The molecule has 3 aromatic carbocycles. The lowest BCUT2D eigenvalue weighted by atomic mass is 9.77. The Bertz CT molecular complexity index is 1300. The summed E-state index contributed by atoms with van der Waals surface area (Å²) < 4.78 is 41.0. The highest BCUT2D eigenvalue weighted by atomic mass is 79.9. The van der Waals surface area contributed by atoms with Crippen molar-refractivity contribution in [1.82, 2.24) is 0 Å². The van der Waals surface area contributed by atoms with Crippen LogP contribution in [0.15, 0.2) is 59.1 Å². The summed E-state index contributed by atoms with van der Waals surface area (Å²) in [5, 5.41) is 4.39. The first-order valence-corrected chi connectivity index (χ1v) is 12.3. The van der Waals surface area contributed by atoms with Gasteiger partial charge in [0.2, 0.25) is 0 Å². The van der Waals surface area contributed by atoms with Gasteiger partial charge in [-0.25, -0.2) is 8.78 Å². The maximum Gasteiger partial charge on any atom is 0.175 e. The van der Waals surface area contributed by atoms with E-state index in [1.807, 2.05) is 24.3 Å². The third-order valence-electron chi connectivity index (χ3n) is 6.38. The van der Waals surface area contributed by atoms with Gasteiger partial charge < -0.3 is 14.8 Å². The van der Waals surface area contributed by atoms with E-state index in [0.29, 0.717) is 37.3 Å². The molecule has 1 heterocycles. The Labute approximate surface area is 214 Å². The van der Waals surface area contributed by atoms with Crippen molar-refractivity contribution in [2.75, 3.05) is 12.4 Å². The number of hydrogen-bond acceptors (Lipinski definition) is 3. The molecule has 0 saturated heterocycles. The van der Waals surface area contributed by atoms with Crippen molar-refractivity contribution in [3.8, 4) is 11.5 Å². The topological polar surface area (TPSA) is 30.5 Å². The third-order valence-corrected chi connectivity index (χ3v) is 7.56. The van der Waals surface area contributed by atoms with Gasteiger partial charge in [0.25, 0.3) is 0 Å². The predicted molar refractivity (Wildman–Crippen MR) is 134 cm³/mol. The van der Waals surface area contributed by atoms with Crippen molar-refractivity contribution < 1.29 is 18.3 Å². The molecule has 176 valence electrons. The van der Waals surface area contributed by atoms with Gasteiger partial charge in [-0.05, 0) is 69.7 Å². The molecule has 1 N–H and O–H groups in total. The van der Waals surface area contributed by atoms with Crippen LogP contribution in [0.2, 0.25) is 10.0 Å². The number of nitrogens with one attached hydrogen (secondary N) is 1. The van der Waals surface area contributed by atoms with Crippen molar-refractivity contribution in [3.63, 3.8) is 0 Å². The van der Waals surface area contributed by atoms with Gasteiger partial charge in [-0.1, -0.05) is 41.4 Å². The van der Waals surface area contributed by atoms with Crippen LogP contribution in [0.4, 0.5) is 14.5 Å². The van der Waals surface area contributed by atoms with Crippen LogP contribution in [0.1, 0.15) is 35.1 Å². The number of hydrogen-bond donors (Lipinski definition) is 1. The molecule has 1 aliphatic carbocycles. The second kappa shape index (κ2) is 9.40. The van der Waals surface area contributed by atoms with E-state index in [1.165, 1.54) is 6.07 Å². The van der Waals surface area contributed by atoms with Crippen molar-refractivity contribution in [3.05, 3.63) is 97.5 Å². The van der Waals surface area contributed by atoms with Crippen molar-refractivity contribution >= 4 is 44.8 Å². The lowest BCUT2D eigenvalue weighted by molar-refractivity contribution is 0.282. The summed E-state index contributed by atoms with van der Waals surface area (Å²) in [7, 11) is 1.57. The summed E-state index contributed by atoms with van der Waals surface area (Å²) in [6.07, 6.45) is 4.91. The number of rotatable bonds is 5. The van der Waals surface area contributed by atoms with Crippen molar-refractivity contribution in [2.45, 2.75) is 25.0 Å². The summed E-state index contributed by atoms with van der Waals surface area (Å²) in [6.45, 7) is 0.227. The first-order valence-electron chi connectivity index (χ1n) is 10.7. The van der Waals surface area contributed by atoms with Crippen molar-refractivity contribution in [2.24, 2.45) is 5.92 Å². The SMILES string of the molecule is COc1cc([C@@H]2Nc3c(F)cc(F)cc3[C@H]3C=CC[C@@H]32)cc(Br)c1OCc1ccc(Cl)cc1Cl. The van der Waals surface area contributed by atoms with E-state index in [1.54, 1.807) is 19.2 Å². The fourth-order valence-electron chi connectivity index (χ4n) is 4.80. The van der Waals surface area contributed by atoms with Crippen LogP contribution < -0.4 is 14.8 Å². The highest BCUT2D eigenvalue weighted by Gasteiger charge is 2.39. The van der Waals surface area contributed by atoms with Gasteiger partial charge in [0.05, 0.1) is 23.3 Å². The van der Waals surface area contributed by atoms with Gasteiger partial charge in [0.15, 0.2) is 11.5 Å². The van der Waals surface area contributed by atoms with E-state index in [4.69, 9.17) is 32.7 Å². The van der Waals surface area contributed by atoms with Crippen LogP contribution >= 0.6 is 39.1 Å². The van der Waals surface area contributed by atoms with Gasteiger partial charge in [-0.2, -0.15) is 0 Å². The van der Waals surface area contributed by atoms with Gasteiger partial charge >= 0.3 is 0 Å². The minimum absolute atomic E-state index is 0.0702. The summed E-state index contributed by atoms with van der Waals surface area (Å²) in [4.78, 5) is 0. The van der Waals surface area contributed by atoms with Gasteiger partial charge in [-0.3, -0.25) is 0 Å². The molecule has 0 fully saturated rings. The van der Waals surface area contributed by atoms with Crippen LogP contribution in [-0.4, -0.2) is 7.11 Å². The van der Waals surface area contributed by atoms with Crippen molar-refractivity contribution in [1.29, 1.82) is 0 Å². The molecule has 3 aromatic rings. The molecule has 0 amide bonds. The first kappa shape index (κ1) is 23.5. The molecule has 8 heteroatoms. The molecule has 3 nitrogen and oxygen atoms in total. The number of allylic oxidation sites excluding steroid dienone is 2. The normalized spacial score (nSPS) is 20.5. The van der Waals surface area contributed by atoms with E-state index in [-0.39, 0.29) is 24.5 Å². The second-order valence-electron chi connectivity index (χ2n) is 8.39. The Balaban J connectivity index is 1.47. The molecule has 5 rings (SSSR count). The number of methoxy groups -OCH3 is 1. The minimum Gasteiger partial charge on any atom is -0.493 e. The summed E-state index contributed by atoms with van der Waals surface area (Å²) >= 11 is 15.9. The molecule has 0 spiro atoms. The molecular formula is C26H20BrCl2F2NO2. The molecule has 0 aromatic heterocycles. The monoisotopic (exact) mass is 565 g/mol. The van der Waals surface area contributed by atoms with E-state index in [2.05, 4.69) is 27.3 Å². The average molecular weight is 567 g/mol. The molecule has 34 heavy (non-hydrogen) atoms. The molecular weight excluding hydrogens is 547 g/mol. The molecule has 0 radical (unpaired) electrons. The predicted octanol–water partition coefficient (Wildman–Crippen LogP) is 8.45. The lowest BCUT2D eigenvalue weighted by Gasteiger charge is -2.38. The molecule has 1 aliphatic heterocycles. The fraction of sp³-hybridized carbons (Fsp3) is 0.231. The smallest absolute Gasteiger partial charge is 0.175 e. The van der Waals surface area contributed by atoms with E-state index in [9.17, 15) is 8.78 Å². The van der Waals surface area contributed by atoms with Crippen LogP contribution in [0.5, 0.6) is 11.5 Å². The number of benzene rings is 3. The van der Waals surface area contributed by atoms with Gasteiger partial charge in [0, 0.05) is 27.6 Å². The Morgan fingerprint density at radius 1 is 1.12 bits per heavy atom. The van der Waals surface area contributed by atoms with Crippen LogP contribution in [-0.2, 0) is 6.61 Å². The zero-order chi connectivity index (χ0) is 24.0. The Hall–Kier alpha value is -2.28. The highest BCUT2D eigenvalue weighted by Crippen LogP contribution is 2.52. The molecule has 0 saturated carbocycles. The average Bonchev–Trinajstić information content (AvgIpc) is 3.29. The van der Waals surface area contributed by atoms with Crippen LogP contribution in [0, 0.1) is 17.6 Å². The second-order valence-corrected chi connectivity index (χ2v) is 10.1. The molecule has 2 aliphatic rings. The number of anilines is 1. The summed E-state index contributed by atoms with van der Waals surface area (Å²) in [5.41, 5.74) is 2.69. The number of ether oxygens (including phenoxy) is 2. The lowest BCUT2D eigenvalue weighted by Crippen LogP contribution is -2.30.